The van der Waals surface area contributed by atoms with Crippen molar-refractivity contribution in [2.75, 3.05) is 6.54 Å². The molecule has 134 valence electrons. The Hall–Kier alpha value is -2.37. The molecule has 2 amide bonds. The maximum atomic E-state index is 12.6. The minimum Gasteiger partial charge on any atom is -0.481 e. The number of nitrogens with zero attached hydrogens (tertiary/aromatic N) is 1. The Morgan fingerprint density at radius 1 is 1.12 bits per heavy atom. The largest absolute Gasteiger partial charge is 0.481 e. The summed E-state index contributed by atoms with van der Waals surface area (Å²) in [6, 6.07) is 8.17. The lowest BCUT2D eigenvalue weighted by atomic mass is 9.86. The Labute approximate surface area is 147 Å². The third-order valence-corrected chi connectivity index (χ3v) is 5.35. The van der Waals surface area contributed by atoms with Crippen LogP contribution in [0.3, 0.4) is 0 Å². The first-order valence-corrected chi connectivity index (χ1v) is 8.85. The summed E-state index contributed by atoms with van der Waals surface area (Å²) in [6.07, 6.45) is 3.10. The van der Waals surface area contributed by atoms with Crippen LogP contribution in [0, 0.1) is 0 Å². The molecule has 3 rings (SSSR count). The maximum absolute atomic E-state index is 12.6. The van der Waals surface area contributed by atoms with Crippen molar-refractivity contribution in [1.82, 2.24) is 10.2 Å². The SMILES string of the molecule is O=C(O)CC[C@]1(CCC(=O)N2CCc3ccccc3C2)CCC(=O)N1. The van der Waals surface area contributed by atoms with Crippen LogP contribution in [0.5, 0.6) is 0 Å². The van der Waals surface area contributed by atoms with Crippen molar-refractivity contribution in [3.8, 4) is 0 Å². The number of hydrogen-bond donors (Lipinski definition) is 2. The van der Waals surface area contributed by atoms with E-state index in [-0.39, 0.29) is 18.2 Å². The molecule has 1 atom stereocenters. The molecule has 0 radical (unpaired) electrons. The zero-order valence-corrected chi connectivity index (χ0v) is 14.3. The second kappa shape index (κ2) is 7.25. The monoisotopic (exact) mass is 344 g/mol. The Kier molecular flexibility index (Phi) is 5.06. The molecular weight excluding hydrogens is 320 g/mol. The first-order chi connectivity index (χ1) is 12.0. The average molecular weight is 344 g/mol. The Morgan fingerprint density at radius 3 is 2.52 bits per heavy atom. The van der Waals surface area contributed by atoms with E-state index in [2.05, 4.69) is 17.4 Å². The molecular formula is C19H24N2O4. The lowest BCUT2D eigenvalue weighted by Gasteiger charge is -2.32. The highest BCUT2D eigenvalue weighted by molar-refractivity contribution is 5.80. The molecule has 6 heteroatoms. The summed E-state index contributed by atoms with van der Waals surface area (Å²) in [5, 5.41) is 11.9. The zero-order valence-electron chi connectivity index (χ0n) is 14.3. The second-order valence-electron chi connectivity index (χ2n) is 7.06. The number of amides is 2. The molecule has 25 heavy (non-hydrogen) atoms. The van der Waals surface area contributed by atoms with E-state index in [1.807, 2.05) is 17.0 Å². The van der Waals surface area contributed by atoms with Crippen molar-refractivity contribution >= 4 is 17.8 Å². The molecule has 1 aromatic carbocycles. The van der Waals surface area contributed by atoms with E-state index >= 15 is 0 Å². The van der Waals surface area contributed by atoms with Gasteiger partial charge in [-0.25, -0.2) is 0 Å². The van der Waals surface area contributed by atoms with Crippen LogP contribution in [0.2, 0.25) is 0 Å². The lowest BCUT2D eigenvalue weighted by molar-refractivity contribution is -0.137. The molecule has 0 bridgehead atoms. The number of benzene rings is 1. The number of carboxylic acids is 1. The number of rotatable bonds is 6. The first kappa shape index (κ1) is 17.5. The third-order valence-electron chi connectivity index (χ3n) is 5.35. The van der Waals surface area contributed by atoms with Gasteiger partial charge in [0.05, 0.1) is 0 Å². The fraction of sp³-hybridized carbons (Fsp3) is 0.526. The van der Waals surface area contributed by atoms with E-state index < -0.39 is 11.5 Å². The van der Waals surface area contributed by atoms with E-state index in [0.717, 1.165) is 6.42 Å². The van der Waals surface area contributed by atoms with Crippen molar-refractivity contribution in [3.63, 3.8) is 0 Å². The Morgan fingerprint density at radius 2 is 1.84 bits per heavy atom. The number of carbonyl (C=O) groups is 3. The van der Waals surface area contributed by atoms with Crippen molar-refractivity contribution in [3.05, 3.63) is 35.4 Å². The van der Waals surface area contributed by atoms with Crippen LogP contribution in [-0.2, 0) is 27.3 Å². The van der Waals surface area contributed by atoms with Gasteiger partial charge >= 0.3 is 5.97 Å². The molecule has 2 N–H and O–H groups in total. The number of nitrogens with one attached hydrogen (secondary N) is 1. The quantitative estimate of drug-likeness (QED) is 0.825. The van der Waals surface area contributed by atoms with Gasteiger partial charge in [-0.3, -0.25) is 14.4 Å². The van der Waals surface area contributed by atoms with E-state index in [0.29, 0.717) is 45.2 Å². The zero-order chi connectivity index (χ0) is 17.9. The van der Waals surface area contributed by atoms with Gasteiger partial charge in [-0.1, -0.05) is 24.3 Å². The predicted octanol–water partition coefficient (Wildman–Crippen LogP) is 1.87. The van der Waals surface area contributed by atoms with Crippen molar-refractivity contribution < 1.29 is 19.5 Å². The molecule has 1 saturated heterocycles. The Bertz CT molecular complexity index is 688. The van der Waals surface area contributed by atoms with Gasteiger partial charge < -0.3 is 15.3 Å². The summed E-state index contributed by atoms with van der Waals surface area (Å²) in [6.45, 7) is 1.34. The smallest absolute Gasteiger partial charge is 0.303 e. The number of fused-ring (bicyclic) bond motifs is 1. The number of aliphatic carboxylic acids is 1. The highest BCUT2D eigenvalue weighted by Crippen LogP contribution is 2.31. The van der Waals surface area contributed by atoms with Crippen LogP contribution in [0.1, 0.15) is 49.7 Å². The molecule has 1 fully saturated rings. The molecule has 2 aliphatic heterocycles. The Balaban J connectivity index is 1.58. The van der Waals surface area contributed by atoms with Crippen LogP contribution < -0.4 is 5.32 Å². The predicted molar refractivity (Wildman–Crippen MR) is 91.8 cm³/mol. The highest BCUT2D eigenvalue weighted by atomic mass is 16.4. The normalized spacial score (nSPS) is 22.4. The minimum absolute atomic E-state index is 0.00552. The topological polar surface area (TPSA) is 86.7 Å². The van der Waals surface area contributed by atoms with E-state index in [9.17, 15) is 14.4 Å². The first-order valence-electron chi connectivity index (χ1n) is 8.85. The summed E-state index contributed by atoms with van der Waals surface area (Å²) >= 11 is 0. The fourth-order valence-corrected chi connectivity index (χ4v) is 3.83. The van der Waals surface area contributed by atoms with E-state index in [1.54, 1.807) is 0 Å². The molecule has 0 aromatic heterocycles. The summed E-state index contributed by atoms with van der Waals surface area (Å²) in [5.74, 6) is -0.852. The summed E-state index contributed by atoms with van der Waals surface area (Å²) in [4.78, 5) is 37.0. The summed E-state index contributed by atoms with van der Waals surface area (Å²) in [5.41, 5.74) is 1.95. The second-order valence-corrected chi connectivity index (χ2v) is 7.06. The van der Waals surface area contributed by atoms with Gasteiger partial charge in [0.2, 0.25) is 11.8 Å². The van der Waals surface area contributed by atoms with Gasteiger partial charge in [0.15, 0.2) is 0 Å². The summed E-state index contributed by atoms with van der Waals surface area (Å²) in [7, 11) is 0. The lowest BCUT2D eigenvalue weighted by Crippen LogP contribution is -2.44. The van der Waals surface area contributed by atoms with Crippen LogP contribution in [0.15, 0.2) is 24.3 Å². The van der Waals surface area contributed by atoms with Gasteiger partial charge in [-0.05, 0) is 36.8 Å². The molecule has 6 nitrogen and oxygen atoms in total. The van der Waals surface area contributed by atoms with Crippen LogP contribution in [0.25, 0.3) is 0 Å². The van der Waals surface area contributed by atoms with Gasteiger partial charge in [0, 0.05) is 37.9 Å². The highest BCUT2D eigenvalue weighted by Gasteiger charge is 2.38. The molecule has 1 aromatic rings. The molecule has 2 aliphatic rings. The fourth-order valence-electron chi connectivity index (χ4n) is 3.83. The van der Waals surface area contributed by atoms with Gasteiger partial charge in [-0.2, -0.15) is 0 Å². The van der Waals surface area contributed by atoms with E-state index in [4.69, 9.17) is 5.11 Å². The number of hydrogen-bond acceptors (Lipinski definition) is 3. The number of carboxylic acid groups (broad SMARTS) is 1. The van der Waals surface area contributed by atoms with Gasteiger partial charge in [-0.15, -0.1) is 0 Å². The molecule has 2 heterocycles. The standard InChI is InChI=1S/C19H24N2O4/c22-16-5-9-19(20-16,11-7-18(24)25)10-6-17(23)21-12-8-14-3-1-2-4-15(14)13-21/h1-4H,5-13H2,(H,20,22)(H,24,25)/t19-/m1/s1. The van der Waals surface area contributed by atoms with Gasteiger partial charge in [0.25, 0.3) is 0 Å². The maximum Gasteiger partial charge on any atom is 0.303 e. The molecule has 0 spiro atoms. The van der Waals surface area contributed by atoms with E-state index in [1.165, 1.54) is 11.1 Å². The molecule has 0 unspecified atom stereocenters. The third kappa shape index (κ3) is 4.18. The minimum atomic E-state index is -0.875. The van der Waals surface area contributed by atoms with Crippen molar-refractivity contribution in [2.45, 2.75) is 57.0 Å². The van der Waals surface area contributed by atoms with Crippen LogP contribution in [-0.4, -0.2) is 39.9 Å². The number of carbonyl (C=O) groups excluding carboxylic acids is 2. The molecule has 0 aliphatic carbocycles. The summed E-state index contributed by atoms with van der Waals surface area (Å²) < 4.78 is 0. The van der Waals surface area contributed by atoms with Crippen molar-refractivity contribution in [1.29, 1.82) is 0 Å². The van der Waals surface area contributed by atoms with Crippen LogP contribution >= 0.6 is 0 Å². The van der Waals surface area contributed by atoms with Gasteiger partial charge in [0.1, 0.15) is 0 Å². The average Bonchev–Trinajstić information content (AvgIpc) is 2.99. The van der Waals surface area contributed by atoms with Crippen molar-refractivity contribution in [2.24, 2.45) is 0 Å². The van der Waals surface area contributed by atoms with Crippen LogP contribution in [0.4, 0.5) is 0 Å². The molecule has 0 saturated carbocycles.